The predicted octanol–water partition coefficient (Wildman–Crippen LogP) is 1.41. The number of carboxylic acid groups (broad SMARTS) is 1. The number of rotatable bonds is 4. The first-order valence-corrected chi connectivity index (χ1v) is 5.79. The number of imide groups is 1. The molecule has 2 amide bonds. The fourth-order valence-corrected chi connectivity index (χ4v) is 2.14. The Morgan fingerprint density at radius 3 is 2.24 bits per heavy atom. The zero-order valence-electron chi connectivity index (χ0n) is 10.5. The fourth-order valence-electron chi connectivity index (χ4n) is 2.14. The van der Waals surface area contributed by atoms with Crippen molar-refractivity contribution < 1.29 is 19.5 Å². The van der Waals surface area contributed by atoms with Gasteiger partial charge in [-0.2, -0.15) is 0 Å². The lowest BCUT2D eigenvalue weighted by atomic mass is 9.81. The molecule has 5 nitrogen and oxygen atoms in total. The van der Waals surface area contributed by atoms with Crippen LogP contribution in [0.15, 0.2) is 0 Å². The molecule has 0 spiro atoms. The molecule has 0 aliphatic carbocycles. The van der Waals surface area contributed by atoms with E-state index in [9.17, 15) is 14.4 Å². The van der Waals surface area contributed by atoms with Crippen LogP contribution in [-0.2, 0) is 14.4 Å². The van der Waals surface area contributed by atoms with Crippen LogP contribution in [0.3, 0.4) is 0 Å². The highest BCUT2D eigenvalue weighted by Gasteiger charge is 2.39. The van der Waals surface area contributed by atoms with Gasteiger partial charge in [-0.25, -0.2) is 0 Å². The number of nitrogens with zero attached hydrogens (tertiary/aromatic N) is 1. The molecule has 0 aromatic rings. The summed E-state index contributed by atoms with van der Waals surface area (Å²) in [5.41, 5.74) is -0.281. The van der Waals surface area contributed by atoms with E-state index in [2.05, 4.69) is 0 Å². The van der Waals surface area contributed by atoms with Gasteiger partial charge in [0.1, 0.15) is 0 Å². The molecule has 0 bridgehead atoms. The minimum atomic E-state index is -0.908. The summed E-state index contributed by atoms with van der Waals surface area (Å²) in [6.07, 6.45) is 0.973. The number of carboxylic acids is 1. The molecule has 5 heteroatoms. The van der Waals surface area contributed by atoms with E-state index in [1.54, 1.807) is 6.92 Å². The molecule has 1 heterocycles. The number of piperidine rings is 1. The van der Waals surface area contributed by atoms with Crippen LogP contribution in [-0.4, -0.2) is 33.8 Å². The highest BCUT2D eigenvalue weighted by Crippen LogP contribution is 2.32. The Kier molecular flexibility index (Phi) is 3.91. The van der Waals surface area contributed by atoms with E-state index in [0.29, 0.717) is 19.3 Å². The zero-order valence-corrected chi connectivity index (χ0v) is 10.5. The summed E-state index contributed by atoms with van der Waals surface area (Å²) in [6, 6.07) is -0.331. The minimum Gasteiger partial charge on any atom is -0.481 e. The standard InChI is InChI=1S/C12H19NO4/c1-8(4-5-11(16)17)13-9(14)6-12(2,3)7-10(13)15/h8H,4-7H2,1-3H3,(H,16,17). The largest absolute Gasteiger partial charge is 0.481 e. The molecule has 96 valence electrons. The molecule has 17 heavy (non-hydrogen) atoms. The second-order valence-electron chi connectivity index (χ2n) is 5.46. The van der Waals surface area contributed by atoms with Crippen LogP contribution in [0.1, 0.15) is 46.5 Å². The Morgan fingerprint density at radius 1 is 1.35 bits per heavy atom. The molecule has 1 fully saturated rings. The van der Waals surface area contributed by atoms with Gasteiger partial charge in [-0.15, -0.1) is 0 Å². The summed E-state index contributed by atoms with van der Waals surface area (Å²) in [4.78, 5) is 35.4. The topological polar surface area (TPSA) is 74.7 Å². The summed E-state index contributed by atoms with van der Waals surface area (Å²) in [5, 5.41) is 8.59. The predicted molar refractivity (Wildman–Crippen MR) is 61.2 cm³/mol. The van der Waals surface area contributed by atoms with Gasteiger partial charge in [0.2, 0.25) is 11.8 Å². The summed E-state index contributed by atoms with van der Waals surface area (Å²) in [6.45, 7) is 5.50. The molecule has 0 aromatic carbocycles. The van der Waals surface area contributed by atoms with Gasteiger partial charge in [0.15, 0.2) is 0 Å². The third-order valence-corrected chi connectivity index (χ3v) is 3.01. The number of hydrogen-bond acceptors (Lipinski definition) is 3. The second-order valence-corrected chi connectivity index (χ2v) is 5.46. The van der Waals surface area contributed by atoms with E-state index < -0.39 is 5.97 Å². The summed E-state index contributed by atoms with van der Waals surface area (Å²) < 4.78 is 0. The molecule has 1 unspecified atom stereocenters. The molecule has 1 saturated heterocycles. The van der Waals surface area contributed by atoms with Crippen LogP contribution >= 0.6 is 0 Å². The number of aliphatic carboxylic acids is 1. The van der Waals surface area contributed by atoms with Crippen molar-refractivity contribution in [1.29, 1.82) is 0 Å². The smallest absolute Gasteiger partial charge is 0.303 e. The quantitative estimate of drug-likeness (QED) is 0.755. The molecule has 0 saturated carbocycles. The van der Waals surface area contributed by atoms with Gasteiger partial charge >= 0.3 is 5.97 Å². The van der Waals surface area contributed by atoms with Crippen molar-refractivity contribution in [3.05, 3.63) is 0 Å². The SMILES string of the molecule is CC(CCC(=O)O)N1C(=O)CC(C)(C)CC1=O. The molecule has 0 aromatic heterocycles. The van der Waals surface area contributed by atoms with Crippen LogP contribution < -0.4 is 0 Å². The van der Waals surface area contributed by atoms with E-state index in [1.165, 1.54) is 4.90 Å². The zero-order chi connectivity index (χ0) is 13.2. The van der Waals surface area contributed by atoms with Crippen molar-refractivity contribution in [3.63, 3.8) is 0 Å². The Morgan fingerprint density at radius 2 is 1.82 bits per heavy atom. The van der Waals surface area contributed by atoms with Crippen molar-refractivity contribution >= 4 is 17.8 Å². The average molecular weight is 241 g/mol. The maximum Gasteiger partial charge on any atom is 0.303 e. The molecule has 1 aliphatic rings. The summed E-state index contributed by atoms with van der Waals surface area (Å²) >= 11 is 0. The molecule has 1 N–H and O–H groups in total. The highest BCUT2D eigenvalue weighted by atomic mass is 16.4. The first-order valence-electron chi connectivity index (χ1n) is 5.79. The van der Waals surface area contributed by atoms with Crippen LogP contribution in [0, 0.1) is 5.41 Å². The van der Waals surface area contributed by atoms with Crippen LogP contribution in [0.2, 0.25) is 0 Å². The van der Waals surface area contributed by atoms with Gasteiger partial charge in [-0.05, 0) is 18.8 Å². The molecule has 1 aliphatic heterocycles. The van der Waals surface area contributed by atoms with Crippen LogP contribution in [0.4, 0.5) is 0 Å². The lowest BCUT2D eigenvalue weighted by Crippen LogP contribution is -2.50. The lowest BCUT2D eigenvalue weighted by molar-refractivity contribution is -0.156. The number of carbonyl (C=O) groups is 3. The Bertz CT molecular complexity index is 328. The molecular formula is C12H19NO4. The highest BCUT2D eigenvalue weighted by molar-refractivity contribution is 5.98. The second kappa shape index (κ2) is 4.85. The van der Waals surface area contributed by atoms with Gasteiger partial charge < -0.3 is 5.11 Å². The van der Waals surface area contributed by atoms with Crippen molar-refractivity contribution in [2.45, 2.75) is 52.5 Å². The molecule has 1 atom stereocenters. The van der Waals surface area contributed by atoms with E-state index in [4.69, 9.17) is 5.11 Å². The fraction of sp³-hybridized carbons (Fsp3) is 0.750. The number of amides is 2. The Labute approximate surface area is 101 Å². The molecule has 1 rings (SSSR count). The van der Waals surface area contributed by atoms with Crippen molar-refractivity contribution in [2.24, 2.45) is 5.41 Å². The Balaban J connectivity index is 2.67. The van der Waals surface area contributed by atoms with E-state index in [0.717, 1.165) is 0 Å². The molecule has 0 radical (unpaired) electrons. The average Bonchev–Trinajstić information content (AvgIpc) is 2.11. The van der Waals surface area contributed by atoms with Crippen LogP contribution in [0.5, 0.6) is 0 Å². The summed E-state index contributed by atoms with van der Waals surface area (Å²) in [7, 11) is 0. The van der Waals surface area contributed by atoms with E-state index in [1.807, 2.05) is 13.8 Å². The van der Waals surface area contributed by atoms with Gasteiger partial charge in [0, 0.05) is 25.3 Å². The Hall–Kier alpha value is -1.39. The normalized spacial score (nSPS) is 21.5. The maximum atomic E-state index is 11.9. The minimum absolute atomic E-state index is 0.0262. The number of carbonyl (C=O) groups excluding carboxylic acids is 2. The monoisotopic (exact) mass is 241 g/mol. The van der Waals surface area contributed by atoms with E-state index in [-0.39, 0.29) is 29.7 Å². The molecular weight excluding hydrogens is 222 g/mol. The van der Waals surface area contributed by atoms with Crippen LogP contribution in [0.25, 0.3) is 0 Å². The van der Waals surface area contributed by atoms with Gasteiger partial charge in [0.25, 0.3) is 0 Å². The first kappa shape index (κ1) is 13.7. The van der Waals surface area contributed by atoms with Crippen molar-refractivity contribution in [3.8, 4) is 0 Å². The number of likely N-dealkylation sites (tertiary alicyclic amines) is 1. The third-order valence-electron chi connectivity index (χ3n) is 3.01. The van der Waals surface area contributed by atoms with Gasteiger partial charge in [-0.3, -0.25) is 19.3 Å². The summed E-state index contributed by atoms with van der Waals surface area (Å²) in [5.74, 6) is -1.29. The van der Waals surface area contributed by atoms with Gasteiger partial charge in [-0.1, -0.05) is 13.8 Å². The lowest BCUT2D eigenvalue weighted by Gasteiger charge is -2.37. The van der Waals surface area contributed by atoms with Crippen molar-refractivity contribution in [2.75, 3.05) is 0 Å². The third kappa shape index (κ3) is 3.54. The maximum absolute atomic E-state index is 11.9. The first-order chi connectivity index (χ1) is 7.73. The van der Waals surface area contributed by atoms with E-state index >= 15 is 0 Å². The van der Waals surface area contributed by atoms with Gasteiger partial charge in [0.05, 0.1) is 0 Å². The van der Waals surface area contributed by atoms with Crippen molar-refractivity contribution in [1.82, 2.24) is 4.90 Å². The number of hydrogen-bond donors (Lipinski definition) is 1.